The van der Waals surface area contributed by atoms with E-state index in [9.17, 15) is 9.59 Å². The van der Waals surface area contributed by atoms with Gasteiger partial charge in [0.25, 0.3) is 0 Å². The fraction of sp³-hybridized carbons (Fsp3) is 0.222. The molecule has 124 valence electrons. The van der Waals surface area contributed by atoms with Crippen LogP contribution < -0.4 is 10.2 Å². The molecule has 4 nitrogen and oxygen atoms in total. The molecule has 1 saturated heterocycles. The first-order valence-electron chi connectivity index (χ1n) is 7.57. The topological polar surface area (TPSA) is 49.4 Å². The fourth-order valence-corrected chi connectivity index (χ4v) is 3.26. The SMILES string of the molecule is Cc1ccccc1N1CC(C(=O)Nc2ccc(Cl)cc2Cl)CC1=O. The van der Waals surface area contributed by atoms with Crippen molar-refractivity contribution in [1.29, 1.82) is 0 Å². The Balaban J connectivity index is 1.73. The second-order valence-electron chi connectivity index (χ2n) is 5.81. The van der Waals surface area contributed by atoms with Crippen molar-refractivity contribution < 1.29 is 9.59 Å². The minimum atomic E-state index is -0.413. The maximum Gasteiger partial charge on any atom is 0.229 e. The summed E-state index contributed by atoms with van der Waals surface area (Å²) >= 11 is 11.9. The number of carbonyl (C=O) groups is 2. The average molecular weight is 363 g/mol. The van der Waals surface area contributed by atoms with Crippen molar-refractivity contribution in [2.75, 3.05) is 16.8 Å². The van der Waals surface area contributed by atoms with E-state index in [-0.39, 0.29) is 18.2 Å². The van der Waals surface area contributed by atoms with Crippen molar-refractivity contribution in [2.45, 2.75) is 13.3 Å². The Morgan fingerprint density at radius 1 is 1.21 bits per heavy atom. The first-order valence-corrected chi connectivity index (χ1v) is 8.33. The smallest absolute Gasteiger partial charge is 0.229 e. The third-order valence-electron chi connectivity index (χ3n) is 4.09. The summed E-state index contributed by atoms with van der Waals surface area (Å²) in [5.41, 5.74) is 2.35. The van der Waals surface area contributed by atoms with Crippen molar-refractivity contribution in [3.05, 3.63) is 58.1 Å². The molecule has 2 aromatic rings. The highest BCUT2D eigenvalue weighted by molar-refractivity contribution is 6.36. The number of aryl methyl sites for hydroxylation is 1. The summed E-state index contributed by atoms with van der Waals surface area (Å²) in [4.78, 5) is 26.5. The number of hydrogen-bond acceptors (Lipinski definition) is 2. The first-order chi connectivity index (χ1) is 11.5. The lowest BCUT2D eigenvalue weighted by Crippen LogP contribution is -2.28. The summed E-state index contributed by atoms with van der Waals surface area (Å²) in [5.74, 6) is -0.681. The number of para-hydroxylation sites is 1. The molecule has 1 heterocycles. The van der Waals surface area contributed by atoms with Gasteiger partial charge in [-0.3, -0.25) is 9.59 Å². The van der Waals surface area contributed by atoms with Crippen LogP contribution in [0.3, 0.4) is 0 Å². The van der Waals surface area contributed by atoms with Crippen LogP contribution in [0.5, 0.6) is 0 Å². The fourth-order valence-electron chi connectivity index (χ4n) is 2.81. The van der Waals surface area contributed by atoms with Gasteiger partial charge in [0, 0.05) is 23.7 Å². The van der Waals surface area contributed by atoms with Crippen LogP contribution in [0.4, 0.5) is 11.4 Å². The summed E-state index contributed by atoms with van der Waals surface area (Å²) in [6.45, 7) is 2.31. The highest BCUT2D eigenvalue weighted by atomic mass is 35.5. The van der Waals surface area contributed by atoms with Gasteiger partial charge in [-0.25, -0.2) is 0 Å². The van der Waals surface area contributed by atoms with Crippen molar-refractivity contribution in [1.82, 2.24) is 0 Å². The van der Waals surface area contributed by atoms with E-state index in [1.807, 2.05) is 31.2 Å². The van der Waals surface area contributed by atoms with E-state index in [1.165, 1.54) is 0 Å². The normalized spacial score (nSPS) is 17.2. The minimum absolute atomic E-state index is 0.0494. The Labute approximate surface area is 150 Å². The number of nitrogens with one attached hydrogen (secondary N) is 1. The van der Waals surface area contributed by atoms with E-state index in [4.69, 9.17) is 23.2 Å². The molecule has 1 unspecified atom stereocenters. The maximum absolute atomic E-state index is 12.5. The lowest BCUT2D eigenvalue weighted by Gasteiger charge is -2.19. The average Bonchev–Trinajstić information content (AvgIpc) is 2.92. The van der Waals surface area contributed by atoms with Gasteiger partial charge in [-0.15, -0.1) is 0 Å². The molecule has 24 heavy (non-hydrogen) atoms. The lowest BCUT2D eigenvalue weighted by molar-refractivity contribution is -0.122. The van der Waals surface area contributed by atoms with E-state index in [0.29, 0.717) is 22.3 Å². The van der Waals surface area contributed by atoms with Crippen LogP contribution in [0.15, 0.2) is 42.5 Å². The van der Waals surface area contributed by atoms with Gasteiger partial charge in [0.1, 0.15) is 0 Å². The van der Waals surface area contributed by atoms with E-state index >= 15 is 0 Å². The number of halogens is 2. The molecule has 3 rings (SSSR count). The molecule has 0 radical (unpaired) electrons. The van der Waals surface area contributed by atoms with Gasteiger partial charge in [0.05, 0.1) is 16.6 Å². The molecule has 0 aromatic heterocycles. The van der Waals surface area contributed by atoms with Gasteiger partial charge in [-0.05, 0) is 36.8 Å². The zero-order valence-corrected chi connectivity index (χ0v) is 14.6. The van der Waals surface area contributed by atoms with Gasteiger partial charge in [-0.1, -0.05) is 41.4 Å². The largest absolute Gasteiger partial charge is 0.324 e. The molecule has 0 saturated carbocycles. The third kappa shape index (κ3) is 3.40. The van der Waals surface area contributed by atoms with Crippen LogP contribution in [-0.2, 0) is 9.59 Å². The molecule has 0 spiro atoms. The summed E-state index contributed by atoms with van der Waals surface area (Å²) in [6, 6.07) is 12.5. The Kier molecular flexibility index (Phi) is 4.78. The molecule has 0 bridgehead atoms. The monoisotopic (exact) mass is 362 g/mol. The minimum Gasteiger partial charge on any atom is -0.324 e. The predicted octanol–water partition coefficient (Wildman–Crippen LogP) is 4.29. The van der Waals surface area contributed by atoms with E-state index < -0.39 is 5.92 Å². The van der Waals surface area contributed by atoms with Gasteiger partial charge < -0.3 is 10.2 Å². The zero-order valence-electron chi connectivity index (χ0n) is 13.1. The first kappa shape index (κ1) is 16.8. The summed E-state index contributed by atoms with van der Waals surface area (Å²) < 4.78 is 0. The van der Waals surface area contributed by atoms with E-state index in [1.54, 1.807) is 23.1 Å². The van der Waals surface area contributed by atoms with Crippen LogP contribution in [0.2, 0.25) is 10.0 Å². The van der Waals surface area contributed by atoms with Crippen molar-refractivity contribution in [3.8, 4) is 0 Å². The van der Waals surface area contributed by atoms with E-state index in [0.717, 1.165) is 11.3 Å². The lowest BCUT2D eigenvalue weighted by atomic mass is 10.1. The summed E-state index contributed by atoms with van der Waals surface area (Å²) in [7, 11) is 0. The molecule has 1 fully saturated rings. The van der Waals surface area contributed by atoms with Crippen LogP contribution in [0, 0.1) is 12.8 Å². The molecule has 6 heteroatoms. The molecule has 1 N–H and O–H groups in total. The number of carbonyl (C=O) groups excluding carboxylic acids is 2. The molecule has 1 atom stereocenters. The zero-order chi connectivity index (χ0) is 17.3. The van der Waals surface area contributed by atoms with Gasteiger partial charge >= 0.3 is 0 Å². The molecule has 2 aromatic carbocycles. The number of rotatable bonds is 3. The molecule has 1 aliphatic rings. The number of hydrogen-bond donors (Lipinski definition) is 1. The second kappa shape index (κ2) is 6.83. The van der Waals surface area contributed by atoms with Crippen LogP contribution in [0.1, 0.15) is 12.0 Å². The standard InChI is InChI=1S/C18H16Cl2N2O2/c1-11-4-2-3-5-16(11)22-10-12(8-17(22)23)18(24)21-15-7-6-13(19)9-14(15)20/h2-7,9,12H,8,10H2,1H3,(H,21,24). The van der Waals surface area contributed by atoms with Crippen molar-refractivity contribution in [3.63, 3.8) is 0 Å². The molecule has 1 aliphatic heterocycles. The summed E-state index contributed by atoms with van der Waals surface area (Å²) in [6.07, 6.45) is 0.186. The van der Waals surface area contributed by atoms with Crippen molar-refractivity contribution in [2.24, 2.45) is 5.92 Å². The number of anilines is 2. The molecular weight excluding hydrogens is 347 g/mol. The molecular formula is C18H16Cl2N2O2. The maximum atomic E-state index is 12.5. The third-order valence-corrected chi connectivity index (χ3v) is 4.64. The number of nitrogens with zero attached hydrogens (tertiary/aromatic N) is 1. The number of benzene rings is 2. The Morgan fingerprint density at radius 2 is 1.96 bits per heavy atom. The highest BCUT2D eigenvalue weighted by Crippen LogP contribution is 2.30. The predicted molar refractivity (Wildman–Crippen MR) is 96.7 cm³/mol. The van der Waals surface area contributed by atoms with E-state index in [2.05, 4.69) is 5.32 Å². The quantitative estimate of drug-likeness (QED) is 0.884. The highest BCUT2D eigenvalue weighted by Gasteiger charge is 2.35. The Morgan fingerprint density at radius 3 is 2.67 bits per heavy atom. The summed E-state index contributed by atoms with van der Waals surface area (Å²) in [5, 5.41) is 3.65. The molecule has 0 aliphatic carbocycles. The Hall–Kier alpha value is -2.04. The van der Waals surface area contributed by atoms with Crippen LogP contribution >= 0.6 is 23.2 Å². The second-order valence-corrected chi connectivity index (χ2v) is 6.65. The van der Waals surface area contributed by atoms with Crippen molar-refractivity contribution >= 4 is 46.4 Å². The van der Waals surface area contributed by atoms with Crippen LogP contribution in [-0.4, -0.2) is 18.4 Å². The van der Waals surface area contributed by atoms with Gasteiger partial charge in [-0.2, -0.15) is 0 Å². The van der Waals surface area contributed by atoms with Gasteiger partial charge in [0.2, 0.25) is 11.8 Å². The van der Waals surface area contributed by atoms with Gasteiger partial charge in [0.15, 0.2) is 0 Å². The Bertz CT molecular complexity index is 807. The molecule has 2 amide bonds. The van der Waals surface area contributed by atoms with Crippen LogP contribution in [0.25, 0.3) is 0 Å². The number of amides is 2.